The summed E-state index contributed by atoms with van der Waals surface area (Å²) >= 11 is 0. The third kappa shape index (κ3) is 2.35. The maximum Gasteiger partial charge on any atom is 0.110 e. The smallest absolute Gasteiger partial charge is 0.110 e. The second kappa shape index (κ2) is 4.28. The number of aliphatic imine (C=N–C) groups is 1. The molecule has 0 spiro atoms. The van der Waals surface area contributed by atoms with Crippen molar-refractivity contribution in [3.05, 3.63) is 0 Å². The van der Waals surface area contributed by atoms with E-state index in [1.165, 1.54) is 19.3 Å². The van der Waals surface area contributed by atoms with E-state index in [0.29, 0.717) is 0 Å². The van der Waals surface area contributed by atoms with Crippen molar-refractivity contribution in [2.24, 2.45) is 4.99 Å². The van der Waals surface area contributed by atoms with Gasteiger partial charge >= 0.3 is 0 Å². The number of rotatable bonds is 1. The molecule has 0 amide bonds. The van der Waals surface area contributed by atoms with Gasteiger partial charge in [-0.05, 0) is 12.8 Å². The molecule has 0 fully saturated rings. The van der Waals surface area contributed by atoms with Crippen molar-refractivity contribution < 1.29 is 0 Å². The molecule has 3 heteroatoms. The van der Waals surface area contributed by atoms with Crippen LogP contribution < -0.4 is 10.9 Å². The summed E-state index contributed by atoms with van der Waals surface area (Å²) in [6.07, 6.45) is 4.93. The normalized spacial score (nSPS) is 19.5. The van der Waals surface area contributed by atoms with E-state index in [-0.39, 0.29) is 0 Å². The summed E-state index contributed by atoms with van der Waals surface area (Å²) in [6.45, 7) is 0.990. The van der Waals surface area contributed by atoms with E-state index in [1.54, 1.807) is 0 Å². The minimum atomic E-state index is 0.990. The maximum absolute atomic E-state index is 4.36. The molecule has 0 aromatic rings. The minimum Gasteiger partial charge on any atom is -0.310 e. The molecule has 0 saturated carbocycles. The Hall–Kier alpha value is -0.570. The van der Waals surface area contributed by atoms with Gasteiger partial charge in [-0.1, -0.05) is 6.42 Å². The number of amidine groups is 1. The van der Waals surface area contributed by atoms with Gasteiger partial charge in [0.05, 0.1) is 0 Å². The topological polar surface area (TPSA) is 36.4 Å². The van der Waals surface area contributed by atoms with Gasteiger partial charge in [0.15, 0.2) is 0 Å². The lowest BCUT2D eigenvalue weighted by molar-refractivity contribution is 0.717. The first-order valence-electron chi connectivity index (χ1n) is 3.89. The van der Waals surface area contributed by atoms with Gasteiger partial charge in [0, 0.05) is 20.0 Å². The molecule has 0 atom stereocenters. The summed E-state index contributed by atoms with van der Waals surface area (Å²) in [5.74, 6) is 1.11. The van der Waals surface area contributed by atoms with Crippen LogP contribution in [0.1, 0.15) is 25.7 Å². The maximum atomic E-state index is 4.36. The highest BCUT2D eigenvalue weighted by atomic mass is 15.4. The van der Waals surface area contributed by atoms with E-state index in [0.717, 1.165) is 18.8 Å². The zero-order chi connectivity index (χ0) is 7.23. The van der Waals surface area contributed by atoms with Gasteiger partial charge in [0.2, 0.25) is 0 Å². The van der Waals surface area contributed by atoms with Gasteiger partial charge in [-0.3, -0.25) is 4.99 Å². The van der Waals surface area contributed by atoms with Crippen molar-refractivity contribution in [2.75, 3.05) is 13.6 Å². The molecule has 1 rings (SSSR count). The molecular formula is C7H15N3. The predicted molar refractivity (Wildman–Crippen MR) is 43.0 cm³/mol. The first kappa shape index (κ1) is 7.54. The zero-order valence-electron chi connectivity index (χ0n) is 6.48. The van der Waals surface area contributed by atoms with Crippen LogP contribution in [-0.4, -0.2) is 19.4 Å². The van der Waals surface area contributed by atoms with Gasteiger partial charge in [-0.25, -0.2) is 5.43 Å². The zero-order valence-corrected chi connectivity index (χ0v) is 6.48. The van der Waals surface area contributed by atoms with Crippen LogP contribution in [0.2, 0.25) is 0 Å². The Morgan fingerprint density at radius 1 is 1.30 bits per heavy atom. The second-order valence-electron chi connectivity index (χ2n) is 2.51. The number of hydrogen-bond acceptors (Lipinski definition) is 3. The lowest BCUT2D eigenvalue weighted by Crippen LogP contribution is -2.34. The van der Waals surface area contributed by atoms with Crippen LogP contribution in [0, 0.1) is 0 Å². The average molecular weight is 141 g/mol. The summed E-state index contributed by atoms with van der Waals surface area (Å²) in [5, 5.41) is 0. The minimum absolute atomic E-state index is 0.990. The summed E-state index contributed by atoms with van der Waals surface area (Å²) in [4.78, 5) is 4.36. The highest BCUT2D eigenvalue weighted by Gasteiger charge is 2.01. The first-order chi connectivity index (χ1) is 4.93. The van der Waals surface area contributed by atoms with Crippen molar-refractivity contribution in [1.29, 1.82) is 0 Å². The molecule has 0 saturated heterocycles. The van der Waals surface area contributed by atoms with Crippen molar-refractivity contribution in [2.45, 2.75) is 25.7 Å². The molecule has 3 nitrogen and oxygen atoms in total. The fraction of sp³-hybridized carbons (Fsp3) is 0.857. The summed E-state index contributed by atoms with van der Waals surface area (Å²) in [7, 11) is 1.87. The standard InChI is InChI=1S/C7H15N3/c1-8-10-7-5-3-2-4-6-9-7/h8H,2-6H2,1H3,(H,9,10). The first-order valence-corrected chi connectivity index (χ1v) is 3.89. The van der Waals surface area contributed by atoms with Crippen LogP contribution in [0.5, 0.6) is 0 Å². The van der Waals surface area contributed by atoms with Crippen LogP contribution in [0.25, 0.3) is 0 Å². The van der Waals surface area contributed by atoms with Gasteiger partial charge in [0.25, 0.3) is 0 Å². The number of nitrogens with one attached hydrogen (secondary N) is 2. The van der Waals surface area contributed by atoms with E-state index >= 15 is 0 Å². The summed E-state index contributed by atoms with van der Waals surface area (Å²) in [6, 6.07) is 0. The Morgan fingerprint density at radius 3 is 3.00 bits per heavy atom. The van der Waals surface area contributed by atoms with Crippen molar-refractivity contribution in [3.63, 3.8) is 0 Å². The average Bonchev–Trinajstić information content (AvgIpc) is 2.17. The molecule has 0 aliphatic carbocycles. The van der Waals surface area contributed by atoms with Crippen molar-refractivity contribution >= 4 is 5.84 Å². The van der Waals surface area contributed by atoms with Crippen LogP contribution in [-0.2, 0) is 0 Å². The van der Waals surface area contributed by atoms with Crippen LogP contribution in [0.15, 0.2) is 4.99 Å². The molecule has 2 N–H and O–H groups in total. The Kier molecular flexibility index (Phi) is 3.22. The fourth-order valence-corrected chi connectivity index (χ4v) is 1.12. The lowest BCUT2D eigenvalue weighted by Gasteiger charge is -2.04. The van der Waals surface area contributed by atoms with E-state index in [1.807, 2.05) is 7.05 Å². The van der Waals surface area contributed by atoms with Gasteiger partial charge < -0.3 is 5.43 Å². The Balaban J connectivity index is 2.31. The highest BCUT2D eigenvalue weighted by molar-refractivity contribution is 5.81. The fourth-order valence-electron chi connectivity index (χ4n) is 1.12. The van der Waals surface area contributed by atoms with E-state index in [4.69, 9.17) is 0 Å². The number of hydrogen-bond donors (Lipinski definition) is 2. The van der Waals surface area contributed by atoms with Gasteiger partial charge in [-0.2, -0.15) is 0 Å². The van der Waals surface area contributed by atoms with Gasteiger partial charge in [-0.15, -0.1) is 0 Å². The Morgan fingerprint density at radius 2 is 2.20 bits per heavy atom. The van der Waals surface area contributed by atoms with Gasteiger partial charge in [0.1, 0.15) is 5.84 Å². The molecule has 1 heterocycles. The molecule has 0 radical (unpaired) electrons. The summed E-state index contributed by atoms with van der Waals surface area (Å²) < 4.78 is 0. The highest BCUT2D eigenvalue weighted by Crippen LogP contribution is 2.05. The predicted octanol–water partition coefficient (Wildman–Crippen LogP) is 0.683. The van der Waals surface area contributed by atoms with Crippen LogP contribution in [0.4, 0.5) is 0 Å². The molecular weight excluding hydrogens is 126 g/mol. The van der Waals surface area contributed by atoms with E-state index in [9.17, 15) is 0 Å². The Labute approximate surface area is 61.9 Å². The Bertz CT molecular complexity index is 120. The van der Waals surface area contributed by atoms with Crippen molar-refractivity contribution in [3.8, 4) is 0 Å². The monoisotopic (exact) mass is 141 g/mol. The van der Waals surface area contributed by atoms with E-state index < -0.39 is 0 Å². The third-order valence-electron chi connectivity index (χ3n) is 1.64. The number of hydrazine groups is 1. The molecule has 0 unspecified atom stereocenters. The van der Waals surface area contributed by atoms with E-state index in [2.05, 4.69) is 15.8 Å². The molecule has 1 aliphatic rings. The molecule has 1 aliphatic heterocycles. The molecule has 58 valence electrons. The molecule has 10 heavy (non-hydrogen) atoms. The molecule has 0 aromatic carbocycles. The largest absolute Gasteiger partial charge is 0.310 e. The third-order valence-corrected chi connectivity index (χ3v) is 1.64. The SMILES string of the molecule is CNNC1=NCCCCC1. The van der Waals surface area contributed by atoms with Crippen LogP contribution >= 0.6 is 0 Å². The number of nitrogens with zero attached hydrogens (tertiary/aromatic N) is 1. The summed E-state index contributed by atoms with van der Waals surface area (Å²) in [5.41, 5.74) is 5.91. The van der Waals surface area contributed by atoms with Crippen LogP contribution in [0.3, 0.4) is 0 Å². The van der Waals surface area contributed by atoms with Crippen molar-refractivity contribution in [1.82, 2.24) is 10.9 Å². The molecule has 0 aromatic heterocycles. The second-order valence-corrected chi connectivity index (χ2v) is 2.51. The quantitative estimate of drug-likeness (QED) is 0.527. The lowest BCUT2D eigenvalue weighted by atomic mass is 10.2. The molecule has 0 bridgehead atoms.